The number of benzene rings is 1. The van der Waals surface area contributed by atoms with Crippen molar-refractivity contribution in [2.45, 2.75) is 6.10 Å². The van der Waals surface area contributed by atoms with Gasteiger partial charge in [-0.05, 0) is 12.1 Å². The van der Waals surface area contributed by atoms with Gasteiger partial charge in [0, 0.05) is 18.7 Å². The van der Waals surface area contributed by atoms with Crippen LogP contribution in [0.25, 0.3) is 0 Å². The zero-order valence-electron chi connectivity index (χ0n) is 8.70. The fourth-order valence-corrected chi connectivity index (χ4v) is 1.61. The summed E-state index contributed by atoms with van der Waals surface area (Å²) in [6.45, 7) is 1.42. The maximum absolute atomic E-state index is 10.6. The van der Waals surface area contributed by atoms with E-state index in [-0.39, 0.29) is 6.10 Å². The molecule has 16 heavy (non-hydrogen) atoms. The molecule has 0 N–H and O–H groups in total. The summed E-state index contributed by atoms with van der Waals surface area (Å²) in [4.78, 5) is 22.6. The molecular formula is C11H11BNO3. The lowest BCUT2D eigenvalue weighted by molar-refractivity contribution is 0.0763. The summed E-state index contributed by atoms with van der Waals surface area (Å²) in [6, 6.07) is 7.04. The van der Waals surface area contributed by atoms with Gasteiger partial charge in [0.05, 0.1) is 6.19 Å². The minimum Gasteiger partial charge on any atom is -0.488 e. The van der Waals surface area contributed by atoms with Crippen molar-refractivity contribution >= 4 is 19.9 Å². The predicted octanol–water partition coefficient (Wildman–Crippen LogP) is 0.371. The first kappa shape index (κ1) is 10.9. The highest BCUT2D eigenvalue weighted by Crippen LogP contribution is 2.17. The Hall–Kier alpha value is -1.62. The number of rotatable bonds is 5. The van der Waals surface area contributed by atoms with Crippen LogP contribution in [0.5, 0.6) is 5.75 Å². The molecule has 0 bridgehead atoms. The predicted molar refractivity (Wildman–Crippen MR) is 60.3 cm³/mol. The standard InChI is InChI=1S/C11H11BNO3/c14-7-9-2-1-3-10(4-9)16-11-5-13(6-11)12-8-15/h1-4,7-8,11H,5-6H2. The van der Waals surface area contributed by atoms with Gasteiger partial charge in [-0.15, -0.1) is 0 Å². The number of hydrogen-bond donors (Lipinski definition) is 0. The van der Waals surface area contributed by atoms with Crippen LogP contribution in [0, 0.1) is 0 Å². The van der Waals surface area contributed by atoms with Crippen LogP contribution in [0.4, 0.5) is 0 Å². The summed E-state index contributed by atoms with van der Waals surface area (Å²) in [7, 11) is 1.50. The molecule has 0 saturated carbocycles. The Morgan fingerprint density at radius 2 is 2.19 bits per heavy atom. The third-order valence-electron chi connectivity index (χ3n) is 2.44. The molecule has 0 aliphatic carbocycles. The first-order chi connectivity index (χ1) is 7.81. The van der Waals surface area contributed by atoms with Crippen molar-refractivity contribution in [3.8, 4) is 5.75 Å². The van der Waals surface area contributed by atoms with Crippen LogP contribution in [-0.4, -0.2) is 43.9 Å². The van der Waals surface area contributed by atoms with Gasteiger partial charge in [-0.1, -0.05) is 12.1 Å². The molecule has 1 fully saturated rings. The second kappa shape index (κ2) is 4.94. The van der Waals surface area contributed by atoms with E-state index < -0.39 is 0 Å². The van der Waals surface area contributed by atoms with Crippen molar-refractivity contribution in [1.82, 2.24) is 4.81 Å². The van der Waals surface area contributed by atoms with Crippen molar-refractivity contribution in [1.29, 1.82) is 0 Å². The Labute approximate surface area is 94.5 Å². The quantitative estimate of drug-likeness (QED) is 0.527. The number of carbonyl (C=O) groups is 2. The van der Waals surface area contributed by atoms with E-state index in [0.29, 0.717) is 24.4 Å². The molecular weight excluding hydrogens is 205 g/mol. The van der Waals surface area contributed by atoms with Crippen LogP contribution < -0.4 is 4.74 Å². The Morgan fingerprint density at radius 1 is 1.38 bits per heavy atom. The second-order valence-corrected chi connectivity index (χ2v) is 3.67. The smallest absolute Gasteiger partial charge is 0.293 e. The molecule has 81 valence electrons. The van der Waals surface area contributed by atoms with Gasteiger partial charge in [-0.25, -0.2) is 0 Å². The maximum atomic E-state index is 10.6. The number of carbonyl (C=O) groups excluding carboxylic acids is 2. The minimum absolute atomic E-state index is 0.0955. The monoisotopic (exact) mass is 216 g/mol. The molecule has 1 heterocycles. The topological polar surface area (TPSA) is 46.6 Å². The minimum atomic E-state index is 0.0955. The Morgan fingerprint density at radius 3 is 2.88 bits per heavy atom. The summed E-state index contributed by atoms with van der Waals surface area (Å²) in [5.41, 5.74) is 0.605. The summed E-state index contributed by atoms with van der Waals surface area (Å²) < 4.78 is 5.63. The molecule has 1 aromatic rings. The number of nitrogens with zero attached hydrogens (tertiary/aromatic N) is 1. The van der Waals surface area contributed by atoms with Gasteiger partial charge >= 0.3 is 0 Å². The van der Waals surface area contributed by atoms with E-state index >= 15 is 0 Å². The van der Waals surface area contributed by atoms with Crippen LogP contribution >= 0.6 is 0 Å². The van der Waals surface area contributed by atoms with Gasteiger partial charge in [0.15, 0.2) is 0 Å². The molecule has 5 heteroatoms. The number of hydrogen-bond acceptors (Lipinski definition) is 4. The van der Waals surface area contributed by atoms with E-state index in [2.05, 4.69) is 0 Å². The second-order valence-electron chi connectivity index (χ2n) is 3.67. The van der Waals surface area contributed by atoms with Gasteiger partial charge in [0.1, 0.15) is 18.1 Å². The maximum Gasteiger partial charge on any atom is 0.293 e. The molecule has 0 aromatic heterocycles. The molecule has 2 rings (SSSR count). The summed E-state index contributed by atoms with van der Waals surface area (Å²) in [5.74, 6) is 0.695. The molecule has 0 unspecified atom stereocenters. The molecule has 0 atom stereocenters. The van der Waals surface area contributed by atoms with Crippen molar-refractivity contribution in [2.24, 2.45) is 0 Å². The lowest BCUT2D eigenvalue weighted by atomic mass is 9.89. The van der Waals surface area contributed by atoms with Gasteiger partial charge in [0.25, 0.3) is 7.41 Å². The summed E-state index contributed by atoms with van der Waals surface area (Å²) >= 11 is 0. The normalized spacial score (nSPS) is 16.2. The van der Waals surface area contributed by atoms with E-state index in [0.717, 1.165) is 12.5 Å². The molecule has 1 radical (unpaired) electrons. The molecule has 4 nitrogen and oxygen atoms in total. The highest BCUT2D eigenvalue weighted by molar-refractivity contribution is 6.64. The number of ether oxygens (including phenoxy) is 1. The molecule has 1 aromatic carbocycles. The van der Waals surface area contributed by atoms with Crippen LogP contribution in [0.15, 0.2) is 24.3 Å². The zero-order valence-corrected chi connectivity index (χ0v) is 8.70. The van der Waals surface area contributed by atoms with Gasteiger partial charge in [0.2, 0.25) is 0 Å². The largest absolute Gasteiger partial charge is 0.488 e. The average molecular weight is 216 g/mol. The van der Waals surface area contributed by atoms with Gasteiger partial charge in [-0.2, -0.15) is 0 Å². The highest BCUT2D eigenvalue weighted by Gasteiger charge is 2.28. The van der Waals surface area contributed by atoms with E-state index in [1.54, 1.807) is 18.2 Å². The Balaban J connectivity index is 1.86. The third-order valence-corrected chi connectivity index (χ3v) is 2.44. The molecule has 1 saturated heterocycles. The summed E-state index contributed by atoms with van der Waals surface area (Å²) in [6.07, 6.45) is 1.65. The van der Waals surface area contributed by atoms with E-state index in [9.17, 15) is 9.59 Å². The average Bonchev–Trinajstić information content (AvgIpc) is 2.27. The first-order valence-corrected chi connectivity index (χ1v) is 5.06. The molecule has 1 aliphatic heterocycles. The van der Waals surface area contributed by atoms with E-state index in [1.165, 1.54) is 7.41 Å². The van der Waals surface area contributed by atoms with Crippen molar-refractivity contribution in [2.75, 3.05) is 13.1 Å². The fourth-order valence-electron chi connectivity index (χ4n) is 1.61. The number of aldehydes is 1. The Bertz CT molecular complexity index is 391. The Kier molecular flexibility index (Phi) is 3.36. The fraction of sp³-hybridized carbons (Fsp3) is 0.273. The van der Waals surface area contributed by atoms with Crippen LogP contribution in [0.1, 0.15) is 10.4 Å². The van der Waals surface area contributed by atoms with Crippen molar-refractivity contribution < 1.29 is 14.3 Å². The van der Waals surface area contributed by atoms with Crippen LogP contribution in [0.3, 0.4) is 0 Å². The molecule has 1 aliphatic rings. The SMILES string of the molecule is O=C[B]N1CC(Oc2cccc(C=O)c2)C1. The lowest BCUT2D eigenvalue weighted by Gasteiger charge is -2.37. The molecule has 0 spiro atoms. The van der Waals surface area contributed by atoms with Crippen LogP contribution in [-0.2, 0) is 4.79 Å². The summed E-state index contributed by atoms with van der Waals surface area (Å²) in [5, 5.41) is 0. The zero-order chi connectivity index (χ0) is 11.4. The first-order valence-electron chi connectivity index (χ1n) is 5.06. The van der Waals surface area contributed by atoms with Crippen LogP contribution in [0.2, 0.25) is 0 Å². The highest BCUT2D eigenvalue weighted by atomic mass is 16.5. The van der Waals surface area contributed by atoms with Crippen molar-refractivity contribution in [3.05, 3.63) is 29.8 Å². The lowest BCUT2D eigenvalue weighted by Crippen LogP contribution is -2.55. The van der Waals surface area contributed by atoms with Crippen molar-refractivity contribution in [3.63, 3.8) is 0 Å². The molecule has 0 amide bonds. The van der Waals surface area contributed by atoms with Gasteiger partial charge in [-0.3, -0.25) is 4.79 Å². The van der Waals surface area contributed by atoms with Gasteiger partial charge < -0.3 is 14.3 Å². The van der Waals surface area contributed by atoms with E-state index in [4.69, 9.17) is 4.74 Å². The van der Waals surface area contributed by atoms with E-state index in [1.807, 2.05) is 10.9 Å². The third kappa shape index (κ3) is 2.49.